The molecule has 0 saturated carbocycles. The molecule has 0 aromatic carbocycles. The Bertz CT molecular complexity index is 391. The monoisotopic (exact) mass is 262 g/mol. The van der Waals surface area contributed by atoms with E-state index in [4.69, 9.17) is 0 Å². The van der Waals surface area contributed by atoms with Crippen molar-refractivity contribution in [1.29, 1.82) is 0 Å². The van der Waals surface area contributed by atoms with Crippen molar-refractivity contribution in [3.63, 3.8) is 0 Å². The minimum Gasteiger partial charge on any atom is -0.364 e. The van der Waals surface area contributed by atoms with Crippen LogP contribution in [0.4, 0.5) is 0 Å². The number of rotatable bonds is 7. The molecule has 0 bridgehead atoms. The number of piperidine rings is 1. The molecular formula is C16H26N2O. The van der Waals surface area contributed by atoms with Crippen molar-refractivity contribution in [3.8, 4) is 0 Å². The smallest absolute Gasteiger partial charge is 0.164 e. The first-order chi connectivity index (χ1) is 9.31. The van der Waals surface area contributed by atoms with Gasteiger partial charge in [0, 0.05) is 23.9 Å². The molecule has 106 valence electrons. The number of carbonyl (C=O) groups excluding carboxylic acids is 1. The van der Waals surface area contributed by atoms with Gasteiger partial charge in [0.1, 0.15) is 0 Å². The number of likely N-dealkylation sites (tertiary alicyclic amines) is 1. The van der Waals surface area contributed by atoms with E-state index in [0.29, 0.717) is 12.2 Å². The van der Waals surface area contributed by atoms with Gasteiger partial charge in [0.2, 0.25) is 0 Å². The summed E-state index contributed by atoms with van der Waals surface area (Å²) in [5, 5.41) is 0. The summed E-state index contributed by atoms with van der Waals surface area (Å²) in [6.07, 6.45) is 9.65. The molecule has 3 nitrogen and oxygen atoms in total. The fourth-order valence-electron chi connectivity index (χ4n) is 2.90. The number of nitrogens with zero attached hydrogens (tertiary/aromatic N) is 1. The Kier molecular flexibility index (Phi) is 5.64. The standard InChI is InChI=1S/C16H26N2O/c1-2-7-15-14(9-10-17-15)16(19)8-6-13-18-11-4-3-5-12-18/h9-10,17H,2-8,11-13H2,1H3. The van der Waals surface area contributed by atoms with Crippen LogP contribution in [0.1, 0.15) is 61.5 Å². The van der Waals surface area contributed by atoms with Crippen LogP contribution in [-0.4, -0.2) is 35.3 Å². The molecule has 1 aromatic heterocycles. The third kappa shape index (κ3) is 4.20. The van der Waals surface area contributed by atoms with Gasteiger partial charge in [-0.2, -0.15) is 0 Å². The van der Waals surface area contributed by atoms with E-state index in [-0.39, 0.29) is 0 Å². The molecule has 0 atom stereocenters. The summed E-state index contributed by atoms with van der Waals surface area (Å²) in [5.74, 6) is 0.307. The van der Waals surface area contributed by atoms with E-state index >= 15 is 0 Å². The quantitative estimate of drug-likeness (QED) is 0.764. The lowest BCUT2D eigenvalue weighted by Crippen LogP contribution is -2.30. The first-order valence-electron chi connectivity index (χ1n) is 7.73. The highest BCUT2D eigenvalue weighted by atomic mass is 16.1. The van der Waals surface area contributed by atoms with Crippen molar-refractivity contribution in [2.45, 2.75) is 51.9 Å². The highest BCUT2D eigenvalue weighted by Gasteiger charge is 2.13. The molecule has 1 N–H and O–H groups in total. The normalized spacial score (nSPS) is 16.7. The van der Waals surface area contributed by atoms with E-state index in [0.717, 1.165) is 37.1 Å². The number of hydrogen-bond acceptors (Lipinski definition) is 2. The Labute approximate surface area is 116 Å². The predicted octanol–water partition coefficient (Wildman–Crippen LogP) is 3.42. The molecule has 19 heavy (non-hydrogen) atoms. The van der Waals surface area contributed by atoms with Gasteiger partial charge in [-0.3, -0.25) is 4.79 Å². The number of carbonyl (C=O) groups is 1. The molecule has 0 spiro atoms. The van der Waals surface area contributed by atoms with E-state index in [1.807, 2.05) is 12.3 Å². The van der Waals surface area contributed by atoms with E-state index in [9.17, 15) is 4.79 Å². The van der Waals surface area contributed by atoms with Gasteiger partial charge in [-0.05, 0) is 51.4 Å². The molecule has 1 aromatic rings. The number of aryl methyl sites for hydroxylation is 1. The Morgan fingerprint density at radius 2 is 2.11 bits per heavy atom. The van der Waals surface area contributed by atoms with E-state index in [1.54, 1.807) is 0 Å². The summed E-state index contributed by atoms with van der Waals surface area (Å²) < 4.78 is 0. The van der Waals surface area contributed by atoms with Crippen molar-refractivity contribution in [2.75, 3.05) is 19.6 Å². The Morgan fingerprint density at radius 3 is 2.84 bits per heavy atom. The summed E-state index contributed by atoms with van der Waals surface area (Å²) in [5.41, 5.74) is 2.03. The molecule has 1 fully saturated rings. The summed E-state index contributed by atoms with van der Waals surface area (Å²) in [6, 6.07) is 1.94. The molecule has 1 saturated heterocycles. The van der Waals surface area contributed by atoms with Crippen molar-refractivity contribution < 1.29 is 4.79 Å². The number of aromatic nitrogens is 1. The zero-order valence-corrected chi connectivity index (χ0v) is 12.1. The van der Waals surface area contributed by atoms with E-state index < -0.39 is 0 Å². The van der Waals surface area contributed by atoms with Gasteiger partial charge < -0.3 is 9.88 Å². The molecule has 2 heterocycles. The molecule has 0 radical (unpaired) electrons. The van der Waals surface area contributed by atoms with Gasteiger partial charge in [0.15, 0.2) is 5.78 Å². The van der Waals surface area contributed by atoms with Crippen LogP contribution in [0.25, 0.3) is 0 Å². The van der Waals surface area contributed by atoms with Crippen LogP contribution in [0.3, 0.4) is 0 Å². The molecule has 0 amide bonds. The molecular weight excluding hydrogens is 236 g/mol. The zero-order valence-electron chi connectivity index (χ0n) is 12.1. The SMILES string of the molecule is CCCc1[nH]ccc1C(=O)CCCN1CCCCC1. The largest absolute Gasteiger partial charge is 0.364 e. The maximum atomic E-state index is 12.2. The second-order valence-electron chi connectivity index (χ2n) is 5.55. The highest BCUT2D eigenvalue weighted by molar-refractivity contribution is 5.97. The third-order valence-electron chi connectivity index (χ3n) is 3.96. The minimum absolute atomic E-state index is 0.307. The lowest BCUT2D eigenvalue weighted by molar-refractivity contribution is 0.0972. The zero-order chi connectivity index (χ0) is 13.5. The lowest BCUT2D eigenvalue weighted by atomic mass is 10.0. The van der Waals surface area contributed by atoms with Gasteiger partial charge in [-0.15, -0.1) is 0 Å². The third-order valence-corrected chi connectivity index (χ3v) is 3.96. The van der Waals surface area contributed by atoms with Gasteiger partial charge in [-0.25, -0.2) is 0 Å². The van der Waals surface area contributed by atoms with Gasteiger partial charge in [-0.1, -0.05) is 19.8 Å². The fourth-order valence-corrected chi connectivity index (χ4v) is 2.90. The predicted molar refractivity (Wildman–Crippen MR) is 78.6 cm³/mol. The van der Waals surface area contributed by atoms with Crippen LogP contribution in [0, 0.1) is 0 Å². The number of Topliss-reactive ketones (excluding diaryl/α,β-unsaturated/α-hetero) is 1. The van der Waals surface area contributed by atoms with Crippen molar-refractivity contribution in [1.82, 2.24) is 9.88 Å². The second kappa shape index (κ2) is 7.49. The lowest BCUT2D eigenvalue weighted by Gasteiger charge is -2.26. The molecule has 2 rings (SSSR count). The second-order valence-corrected chi connectivity index (χ2v) is 5.55. The summed E-state index contributed by atoms with van der Waals surface area (Å²) in [4.78, 5) is 17.9. The fraction of sp³-hybridized carbons (Fsp3) is 0.688. The van der Waals surface area contributed by atoms with Crippen LogP contribution < -0.4 is 0 Å². The van der Waals surface area contributed by atoms with Crippen LogP contribution in [-0.2, 0) is 6.42 Å². The minimum atomic E-state index is 0.307. The van der Waals surface area contributed by atoms with Crippen LogP contribution >= 0.6 is 0 Å². The van der Waals surface area contributed by atoms with Gasteiger partial charge in [0.25, 0.3) is 0 Å². The topological polar surface area (TPSA) is 36.1 Å². The first kappa shape index (κ1) is 14.3. The highest BCUT2D eigenvalue weighted by Crippen LogP contribution is 2.14. The molecule has 0 unspecified atom stereocenters. The van der Waals surface area contributed by atoms with Crippen LogP contribution in [0.5, 0.6) is 0 Å². The summed E-state index contributed by atoms with van der Waals surface area (Å²) in [6.45, 7) is 5.67. The van der Waals surface area contributed by atoms with Crippen molar-refractivity contribution in [3.05, 3.63) is 23.5 Å². The number of hydrogen-bond donors (Lipinski definition) is 1. The Morgan fingerprint density at radius 1 is 1.32 bits per heavy atom. The summed E-state index contributed by atoms with van der Waals surface area (Å²) in [7, 11) is 0. The average Bonchev–Trinajstić information content (AvgIpc) is 2.89. The first-order valence-corrected chi connectivity index (χ1v) is 7.73. The van der Waals surface area contributed by atoms with Gasteiger partial charge >= 0.3 is 0 Å². The van der Waals surface area contributed by atoms with Crippen molar-refractivity contribution in [2.24, 2.45) is 0 Å². The number of H-pyrrole nitrogens is 1. The Hall–Kier alpha value is -1.09. The molecule has 0 aliphatic carbocycles. The maximum absolute atomic E-state index is 12.2. The molecule has 1 aliphatic heterocycles. The number of aromatic amines is 1. The molecule has 1 aliphatic rings. The van der Waals surface area contributed by atoms with E-state index in [2.05, 4.69) is 16.8 Å². The van der Waals surface area contributed by atoms with Crippen LogP contribution in [0.2, 0.25) is 0 Å². The molecule has 3 heteroatoms. The van der Waals surface area contributed by atoms with E-state index in [1.165, 1.54) is 32.4 Å². The van der Waals surface area contributed by atoms with Crippen molar-refractivity contribution >= 4 is 5.78 Å². The van der Waals surface area contributed by atoms with Gasteiger partial charge in [0.05, 0.1) is 0 Å². The summed E-state index contributed by atoms with van der Waals surface area (Å²) >= 11 is 0. The Balaban J connectivity index is 1.75. The maximum Gasteiger partial charge on any atom is 0.164 e. The number of nitrogens with one attached hydrogen (secondary N) is 1. The average molecular weight is 262 g/mol. The van der Waals surface area contributed by atoms with Crippen LogP contribution in [0.15, 0.2) is 12.3 Å². The number of ketones is 1.